The molecule has 25 heavy (non-hydrogen) atoms. The summed E-state index contributed by atoms with van der Waals surface area (Å²) >= 11 is 0. The van der Waals surface area contributed by atoms with Crippen LogP contribution in [0.15, 0.2) is 35.5 Å². The summed E-state index contributed by atoms with van der Waals surface area (Å²) in [7, 11) is 0. The molecule has 2 rings (SSSR count). The van der Waals surface area contributed by atoms with Gasteiger partial charge in [-0.1, -0.05) is 78.1 Å². The Bertz CT molecular complexity index is 357. The molecule has 2 aliphatic rings. The number of halogens is 2. The number of unbranched alkanes of at least 4 members (excludes halogenated alkanes) is 6. The van der Waals surface area contributed by atoms with E-state index in [9.17, 15) is 0 Å². The minimum atomic E-state index is 0. The van der Waals surface area contributed by atoms with Crippen LogP contribution in [-0.4, -0.2) is 0 Å². The van der Waals surface area contributed by atoms with Crippen molar-refractivity contribution < 1.29 is 46.5 Å². The Balaban J connectivity index is -0.000000346. The third-order valence-corrected chi connectivity index (χ3v) is 4.13. The van der Waals surface area contributed by atoms with Gasteiger partial charge < -0.3 is 24.8 Å². The summed E-state index contributed by atoms with van der Waals surface area (Å²) in [6.07, 6.45) is 31.0. The van der Waals surface area contributed by atoms with Gasteiger partial charge in [0.1, 0.15) is 0 Å². The fourth-order valence-electron chi connectivity index (χ4n) is 2.73. The van der Waals surface area contributed by atoms with E-state index in [0.717, 1.165) is 12.8 Å². The first kappa shape index (κ1) is 30.0. The van der Waals surface area contributed by atoms with Gasteiger partial charge in [-0.3, -0.25) is 12.2 Å². The topological polar surface area (TPSA) is 0 Å². The van der Waals surface area contributed by atoms with E-state index in [4.69, 9.17) is 0 Å². The number of allylic oxidation sites excluding steroid dienone is 8. The average Bonchev–Trinajstić information content (AvgIpc) is 3.22. The zero-order valence-electron chi connectivity index (χ0n) is 16.1. The molecule has 0 N–H and O–H groups in total. The summed E-state index contributed by atoms with van der Waals surface area (Å²) in [5.74, 6) is 0. The normalized spacial score (nSPS) is 13.7. The maximum Gasteiger partial charge on any atom is 2.00 e. The van der Waals surface area contributed by atoms with Crippen molar-refractivity contribution in [2.24, 2.45) is 0 Å². The van der Waals surface area contributed by atoms with Gasteiger partial charge in [-0.25, -0.2) is 23.3 Å². The Morgan fingerprint density at radius 3 is 1.36 bits per heavy atom. The quantitative estimate of drug-likeness (QED) is 0.286. The molecule has 0 heterocycles. The second-order valence-electron chi connectivity index (χ2n) is 6.24. The molecule has 0 aromatic rings. The van der Waals surface area contributed by atoms with E-state index in [1.54, 1.807) is 0 Å². The smallest absolute Gasteiger partial charge is 1.00 e. The zero-order chi connectivity index (χ0) is 15.9. The second kappa shape index (κ2) is 22.3. The molecule has 2 aliphatic carbocycles. The Morgan fingerprint density at radius 2 is 1.08 bits per heavy atom. The number of hydrogen-bond acceptors (Lipinski definition) is 0. The number of rotatable bonds is 10. The first-order valence-electron chi connectivity index (χ1n) is 9.39. The molecule has 142 valence electrons. The van der Waals surface area contributed by atoms with Crippen LogP contribution in [0.1, 0.15) is 90.9 Å². The van der Waals surface area contributed by atoms with Gasteiger partial charge >= 0.3 is 21.7 Å². The molecule has 0 saturated carbocycles. The van der Waals surface area contributed by atoms with Crippen LogP contribution in [0.4, 0.5) is 0 Å². The van der Waals surface area contributed by atoms with Crippen molar-refractivity contribution in [3.8, 4) is 0 Å². The molecule has 0 fully saturated rings. The van der Waals surface area contributed by atoms with Crippen molar-refractivity contribution in [2.45, 2.75) is 90.9 Å². The summed E-state index contributed by atoms with van der Waals surface area (Å²) in [4.78, 5) is 0. The third kappa shape index (κ3) is 17.4. The van der Waals surface area contributed by atoms with E-state index in [2.05, 4.69) is 50.3 Å². The van der Waals surface area contributed by atoms with Gasteiger partial charge in [-0.2, -0.15) is 12.2 Å². The van der Waals surface area contributed by atoms with Crippen molar-refractivity contribution in [2.75, 3.05) is 0 Å². The molecule has 0 nitrogen and oxygen atoms in total. The molecule has 0 aromatic carbocycles. The predicted octanol–water partition coefficient (Wildman–Crippen LogP) is 1.30. The van der Waals surface area contributed by atoms with Gasteiger partial charge in [-0.05, 0) is 0 Å². The van der Waals surface area contributed by atoms with Gasteiger partial charge in [0.15, 0.2) is 0 Å². The van der Waals surface area contributed by atoms with Crippen LogP contribution in [-0.2, 0) is 21.7 Å². The van der Waals surface area contributed by atoms with Gasteiger partial charge in [-0.15, -0.1) is 12.8 Å². The van der Waals surface area contributed by atoms with E-state index in [0.29, 0.717) is 0 Å². The van der Waals surface area contributed by atoms with Crippen LogP contribution in [0.25, 0.3) is 0 Å². The SMILES string of the molecule is CCCCCCC1=[C-]CC=C1.CCCCCCC1=[C-]CC=C1.[Cl-].[Cl-].[Ti+2]. The Kier molecular flexibility index (Phi) is 26.8. The molecule has 0 spiro atoms. The molecule has 3 heteroatoms. The molecule has 0 aliphatic heterocycles. The maximum absolute atomic E-state index is 3.34. The maximum atomic E-state index is 3.34. The Hall–Kier alpha value is 0.254. The van der Waals surface area contributed by atoms with Crippen molar-refractivity contribution >= 4 is 0 Å². The molecule has 0 saturated heterocycles. The first-order valence-corrected chi connectivity index (χ1v) is 9.39. The van der Waals surface area contributed by atoms with Gasteiger partial charge in [0.25, 0.3) is 0 Å². The van der Waals surface area contributed by atoms with Crippen molar-refractivity contribution in [3.63, 3.8) is 0 Å². The predicted molar refractivity (Wildman–Crippen MR) is 98.5 cm³/mol. The Labute approximate surface area is 184 Å². The van der Waals surface area contributed by atoms with E-state index in [-0.39, 0.29) is 46.5 Å². The van der Waals surface area contributed by atoms with Gasteiger partial charge in [0, 0.05) is 0 Å². The van der Waals surface area contributed by atoms with Gasteiger partial charge in [0.2, 0.25) is 0 Å². The zero-order valence-corrected chi connectivity index (χ0v) is 19.1. The minimum absolute atomic E-state index is 0. The van der Waals surface area contributed by atoms with Crippen LogP contribution in [0, 0.1) is 12.2 Å². The third-order valence-electron chi connectivity index (χ3n) is 4.13. The van der Waals surface area contributed by atoms with E-state index in [1.807, 2.05) is 0 Å². The van der Waals surface area contributed by atoms with Gasteiger partial charge in [0.05, 0.1) is 0 Å². The van der Waals surface area contributed by atoms with Crippen molar-refractivity contribution in [3.05, 3.63) is 47.6 Å². The molecule has 0 bridgehead atoms. The summed E-state index contributed by atoms with van der Waals surface area (Å²) in [6.45, 7) is 4.50. The van der Waals surface area contributed by atoms with Crippen LogP contribution in [0.2, 0.25) is 0 Å². The molecular weight excluding hydrogens is 383 g/mol. The second-order valence-corrected chi connectivity index (χ2v) is 6.24. The first-order chi connectivity index (χ1) is 10.9. The average molecular weight is 417 g/mol. The van der Waals surface area contributed by atoms with E-state index >= 15 is 0 Å². The van der Waals surface area contributed by atoms with Crippen molar-refractivity contribution in [1.82, 2.24) is 0 Å². The molecule has 0 atom stereocenters. The molecule has 0 amide bonds. The standard InChI is InChI=1S/2C11H17.2ClH.Ti/c2*1-2-3-4-5-8-11-9-6-7-10-11;;;/h2*6,9H,2-5,7-8H2,1H3;2*1H;/q2*-1;;;+2/p-2. The summed E-state index contributed by atoms with van der Waals surface area (Å²) < 4.78 is 0. The monoisotopic (exact) mass is 416 g/mol. The van der Waals surface area contributed by atoms with Crippen LogP contribution in [0.3, 0.4) is 0 Å². The number of hydrogen-bond donors (Lipinski definition) is 0. The largest absolute Gasteiger partial charge is 2.00 e. The summed E-state index contributed by atoms with van der Waals surface area (Å²) in [5, 5.41) is 0. The van der Waals surface area contributed by atoms with E-state index in [1.165, 1.54) is 75.4 Å². The summed E-state index contributed by atoms with van der Waals surface area (Å²) in [6, 6.07) is 0. The van der Waals surface area contributed by atoms with Crippen LogP contribution >= 0.6 is 0 Å². The molecule has 0 unspecified atom stereocenters. The summed E-state index contributed by atoms with van der Waals surface area (Å²) in [5.41, 5.74) is 2.86. The minimum Gasteiger partial charge on any atom is -1.00 e. The fourth-order valence-corrected chi connectivity index (χ4v) is 2.73. The molecule has 0 radical (unpaired) electrons. The van der Waals surface area contributed by atoms with E-state index < -0.39 is 0 Å². The molecule has 0 aromatic heterocycles. The van der Waals surface area contributed by atoms with Crippen LogP contribution < -0.4 is 24.8 Å². The Morgan fingerprint density at radius 1 is 0.680 bits per heavy atom. The fraction of sp³-hybridized carbons (Fsp3) is 0.636. The molecular formula is C22H34Cl2Ti-2. The van der Waals surface area contributed by atoms with Crippen LogP contribution in [0.5, 0.6) is 0 Å². The van der Waals surface area contributed by atoms with Crippen molar-refractivity contribution in [1.29, 1.82) is 0 Å².